The van der Waals surface area contributed by atoms with Crippen LogP contribution in [-0.2, 0) is 30.8 Å². The van der Waals surface area contributed by atoms with E-state index in [9.17, 15) is 22.8 Å². The topological polar surface area (TPSA) is 116 Å². The first-order valence-corrected chi connectivity index (χ1v) is 16.9. The lowest BCUT2D eigenvalue weighted by Gasteiger charge is -2.37. The van der Waals surface area contributed by atoms with Crippen molar-refractivity contribution < 1.29 is 22.8 Å². The van der Waals surface area contributed by atoms with Crippen LogP contribution >= 0.6 is 34.2 Å². The highest BCUT2D eigenvalue weighted by Crippen LogP contribution is 2.38. The minimum absolute atomic E-state index is 0.00916. The zero-order chi connectivity index (χ0) is 30.9. The molecule has 2 aliphatic heterocycles. The van der Waals surface area contributed by atoms with Crippen molar-refractivity contribution in [3.63, 3.8) is 0 Å². The van der Waals surface area contributed by atoms with E-state index in [1.54, 1.807) is 49.1 Å². The van der Waals surface area contributed by atoms with E-state index in [2.05, 4.69) is 33.2 Å². The number of carbonyl (C=O) groups is 3. The minimum Gasteiger partial charge on any atom is -0.344 e. The van der Waals surface area contributed by atoms with Crippen molar-refractivity contribution in [3.8, 4) is 0 Å². The van der Waals surface area contributed by atoms with Crippen LogP contribution in [0.2, 0.25) is 5.02 Å². The van der Waals surface area contributed by atoms with E-state index in [0.29, 0.717) is 34.9 Å². The molecule has 2 aliphatic rings. The number of amides is 3. The number of hydrogen-bond donors (Lipinski definition) is 2. The second-order valence-electron chi connectivity index (χ2n) is 10.9. The number of likely N-dealkylation sites (tertiary alicyclic amines) is 1. The average molecular weight is 735 g/mol. The summed E-state index contributed by atoms with van der Waals surface area (Å²) in [6.07, 6.45) is 1.58. The van der Waals surface area contributed by atoms with Crippen molar-refractivity contribution in [2.24, 2.45) is 0 Å². The number of halogens is 2. The summed E-state index contributed by atoms with van der Waals surface area (Å²) in [6.45, 7) is 4.57. The molecule has 3 amide bonds. The maximum absolute atomic E-state index is 14.3. The molecule has 0 radical (unpaired) electrons. The molecule has 0 bridgehead atoms. The summed E-state index contributed by atoms with van der Waals surface area (Å²) in [5, 5.41) is 6.01. The van der Waals surface area contributed by atoms with Crippen LogP contribution in [0.15, 0.2) is 65.6 Å². The summed E-state index contributed by atoms with van der Waals surface area (Å²) < 4.78 is 30.6. The minimum atomic E-state index is -4.33. The Kier molecular flexibility index (Phi) is 9.33. The molecular formula is C31H32ClIN4O5S. The number of rotatable bonds is 8. The molecule has 3 aromatic rings. The SMILES string of the molecule is Cc1cc(S(=O)(=O)N2c3ccccc3NC(=O)C2CC(=O)N[C@@H](Cc2ccc(I)cc2)C(=O)N2CCCC2)c(C)cc1Cl. The van der Waals surface area contributed by atoms with E-state index < -0.39 is 40.3 Å². The van der Waals surface area contributed by atoms with E-state index in [1.165, 1.54) is 6.07 Å². The fraction of sp³-hybridized carbons (Fsp3) is 0.323. The molecular weight excluding hydrogens is 703 g/mol. The molecule has 1 fully saturated rings. The van der Waals surface area contributed by atoms with E-state index in [0.717, 1.165) is 26.3 Å². The van der Waals surface area contributed by atoms with Gasteiger partial charge in [-0.05, 0) is 102 Å². The molecule has 2 heterocycles. The van der Waals surface area contributed by atoms with Gasteiger partial charge in [0, 0.05) is 28.1 Å². The van der Waals surface area contributed by atoms with Gasteiger partial charge in [0.2, 0.25) is 17.7 Å². The molecule has 2 N–H and O–H groups in total. The number of nitrogens with zero attached hydrogens (tertiary/aromatic N) is 2. The first-order chi connectivity index (χ1) is 20.5. The Labute approximate surface area is 270 Å². The van der Waals surface area contributed by atoms with E-state index in [1.807, 2.05) is 24.3 Å². The second kappa shape index (κ2) is 12.8. The number of benzene rings is 3. The van der Waals surface area contributed by atoms with Gasteiger partial charge < -0.3 is 15.5 Å². The van der Waals surface area contributed by atoms with E-state index in [4.69, 9.17) is 11.6 Å². The Morgan fingerprint density at radius 1 is 1.05 bits per heavy atom. The van der Waals surface area contributed by atoms with Gasteiger partial charge in [-0.25, -0.2) is 8.42 Å². The fourth-order valence-electron chi connectivity index (χ4n) is 5.52. The van der Waals surface area contributed by atoms with Crippen molar-refractivity contribution >= 4 is 73.3 Å². The Morgan fingerprint density at radius 2 is 1.72 bits per heavy atom. The first kappa shape index (κ1) is 31.3. The number of hydrogen-bond acceptors (Lipinski definition) is 5. The third-order valence-electron chi connectivity index (χ3n) is 7.76. The van der Waals surface area contributed by atoms with Gasteiger partial charge >= 0.3 is 0 Å². The summed E-state index contributed by atoms with van der Waals surface area (Å²) in [6, 6.07) is 15.0. The largest absolute Gasteiger partial charge is 0.344 e. The number of carbonyl (C=O) groups excluding carboxylic acids is 3. The highest BCUT2D eigenvalue weighted by atomic mass is 127. The van der Waals surface area contributed by atoms with Crippen LogP contribution in [-0.4, -0.2) is 56.2 Å². The molecule has 43 heavy (non-hydrogen) atoms. The molecule has 0 aliphatic carbocycles. The first-order valence-electron chi connectivity index (χ1n) is 14.0. The zero-order valence-corrected chi connectivity index (χ0v) is 27.5. The maximum Gasteiger partial charge on any atom is 0.265 e. The molecule has 226 valence electrons. The van der Waals surface area contributed by atoms with Crippen LogP contribution in [0.25, 0.3) is 0 Å². The zero-order valence-electron chi connectivity index (χ0n) is 23.8. The van der Waals surface area contributed by atoms with E-state index in [-0.39, 0.29) is 22.9 Å². The Bertz CT molecular complexity index is 1680. The Hall–Kier alpha value is -3.16. The lowest BCUT2D eigenvalue weighted by atomic mass is 10.0. The summed E-state index contributed by atoms with van der Waals surface area (Å²) >= 11 is 8.46. The maximum atomic E-state index is 14.3. The lowest BCUT2D eigenvalue weighted by Crippen LogP contribution is -2.55. The average Bonchev–Trinajstić information content (AvgIpc) is 3.51. The highest BCUT2D eigenvalue weighted by molar-refractivity contribution is 14.1. The molecule has 3 aromatic carbocycles. The Morgan fingerprint density at radius 3 is 2.42 bits per heavy atom. The van der Waals surface area contributed by atoms with Crippen LogP contribution in [0.5, 0.6) is 0 Å². The van der Waals surface area contributed by atoms with Gasteiger partial charge in [0.15, 0.2) is 0 Å². The van der Waals surface area contributed by atoms with Crippen molar-refractivity contribution in [2.75, 3.05) is 22.7 Å². The summed E-state index contributed by atoms with van der Waals surface area (Å²) in [5.41, 5.74) is 2.41. The molecule has 0 aromatic heterocycles. The van der Waals surface area contributed by atoms with Gasteiger partial charge in [-0.15, -0.1) is 0 Å². The van der Waals surface area contributed by atoms with Gasteiger partial charge in [-0.2, -0.15) is 0 Å². The van der Waals surface area contributed by atoms with Gasteiger partial charge in [-0.1, -0.05) is 35.9 Å². The number of aryl methyl sites for hydroxylation is 2. The van der Waals surface area contributed by atoms with E-state index >= 15 is 0 Å². The normalized spacial score (nSPS) is 17.3. The molecule has 12 heteroatoms. The molecule has 0 saturated carbocycles. The van der Waals surface area contributed by atoms with Gasteiger partial charge in [0.1, 0.15) is 12.1 Å². The molecule has 1 unspecified atom stereocenters. The van der Waals surface area contributed by atoms with Crippen molar-refractivity contribution in [1.82, 2.24) is 10.2 Å². The van der Waals surface area contributed by atoms with Crippen LogP contribution in [0.3, 0.4) is 0 Å². The molecule has 2 atom stereocenters. The predicted octanol–water partition coefficient (Wildman–Crippen LogP) is 4.82. The fourth-order valence-corrected chi connectivity index (χ4v) is 8.02. The summed E-state index contributed by atoms with van der Waals surface area (Å²) in [4.78, 5) is 42.3. The van der Waals surface area contributed by atoms with Crippen LogP contribution in [0.1, 0.15) is 36.0 Å². The summed E-state index contributed by atoms with van der Waals surface area (Å²) in [5.74, 6) is -1.44. The predicted molar refractivity (Wildman–Crippen MR) is 175 cm³/mol. The third kappa shape index (κ3) is 6.68. The van der Waals surface area contributed by atoms with Gasteiger partial charge in [0.25, 0.3) is 10.0 Å². The standard InChI is InChI=1S/C31H32ClIN4O5S/c1-19-16-28(20(2)15-23(19)32)43(41,42)37-26-8-4-3-7-24(26)35-30(39)27(37)18-29(38)34-25(31(40)36-13-5-6-14-36)17-21-9-11-22(33)12-10-21/h3-4,7-12,15-16,25,27H,5-6,13-14,17-18H2,1-2H3,(H,34,38)(H,35,39)/t25-,27?/m0/s1. The highest BCUT2D eigenvalue weighted by Gasteiger charge is 2.43. The van der Waals surface area contributed by atoms with Gasteiger partial charge in [0.05, 0.1) is 22.7 Å². The number of nitrogens with one attached hydrogen (secondary N) is 2. The number of fused-ring (bicyclic) bond motifs is 1. The molecule has 9 nitrogen and oxygen atoms in total. The van der Waals surface area contributed by atoms with Crippen molar-refractivity contribution in [1.29, 1.82) is 0 Å². The van der Waals surface area contributed by atoms with Crippen molar-refractivity contribution in [3.05, 3.63) is 85.9 Å². The number of para-hydroxylation sites is 2. The number of anilines is 2. The molecule has 0 spiro atoms. The van der Waals surface area contributed by atoms with Crippen LogP contribution in [0, 0.1) is 17.4 Å². The lowest BCUT2D eigenvalue weighted by molar-refractivity contribution is -0.135. The summed E-state index contributed by atoms with van der Waals surface area (Å²) in [7, 11) is -4.33. The van der Waals surface area contributed by atoms with Gasteiger partial charge in [-0.3, -0.25) is 18.7 Å². The monoisotopic (exact) mass is 734 g/mol. The molecule has 1 saturated heterocycles. The number of sulfonamides is 1. The third-order valence-corrected chi connectivity index (χ3v) is 10.9. The van der Waals surface area contributed by atoms with Crippen LogP contribution in [0.4, 0.5) is 11.4 Å². The smallest absolute Gasteiger partial charge is 0.265 e. The van der Waals surface area contributed by atoms with Crippen LogP contribution < -0.4 is 14.9 Å². The molecule has 5 rings (SSSR count). The quantitative estimate of drug-likeness (QED) is 0.323. The van der Waals surface area contributed by atoms with Crippen molar-refractivity contribution in [2.45, 2.75) is 56.5 Å². The Balaban J connectivity index is 1.47. The second-order valence-corrected chi connectivity index (χ2v) is 14.3.